The number of nitrogens with zero attached hydrogens (tertiary/aromatic N) is 2. The van der Waals surface area contributed by atoms with Crippen molar-refractivity contribution in [3.63, 3.8) is 0 Å². The number of amides is 3. The number of anilines is 1. The molecule has 0 aromatic heterocycles. The van der Waals surface area contributed by atoms with Gasteiger partial charge in [-0.1, -0.05) is 0 Å². The van der Waals surface area contributed by atoms with E-state index in [1.165, 1.54) is 21.9 Å². The number of nitrogens with one attached hydrogen (secondary N) is 1. The molecule has 3 rings (SSSR count). The summed E-state index contributed by atoms with van der Waals surface area (Å²) in [7, 11) is 0. The van der Waals surface area contributed by atoms with Gasteiger partial charge < -0.3 is 15.3 Å². The number of carbonyl (C=O) groups excluding carboxylic acids is 2. The molecule has 0 saturated carbocycles. The molecule has 1 unspecified atom stereocenters. The largest absolute Gasteiger partial charge is 0.481 e. The summed E-state index contributed by atoms with van der Waals surface area (Å²) >= 11 is 0. The van der Waals surface area contributed by atoms with Gasteiger partial charge in [0, 0.05) is 31.9 Å². The van der Waals surface area contributed by atoms with Crippen LogP contribution in [0.3, 0.4) is 0 Å². The highest BCUT2D eigenvalue weighted by Crippen LogP contribution is 2.24. The van der Waals surface area contributed by atoms with Crippen molar-refractivity contribution >= 4 is 23.6 Å². The molecule has 2 heterocycles. The maximum atomic E-state index is 14.1. The van der Waals surface area contributed by atoms with E-state index in [0.717, 1.165) is 6.07 Å². The minimum absolute atomic E-state index is 0.0715. The summed E-state index contributed by atoms with van der Waals surface area (Å²) in [6.45, 7) is 1.41. The van der Waals surface area contributed by atoms with Crippen molar-refractivity contribution in [3.05, 3.63) is 29.6 Å². The Hall–Kier alpha value is -2.64. The van der Waals surface area contributed by atoms with E-state index in [0.29, 0.717) is 38.2 Å². The van der Waals surface area contributed by atoms with E-state index in [2.05, 4.69) is 5.32 Å². The van der Waals surface area contributed by atoms with Crippen molar-refractivity contribution in [3.8, 4) is 0 Å². The average molecular weight is 335 g/mol. The number of benzene rings is 1. The lowest BCUT2D eigenvalue weighted by Crippen LogP contribution is -2.42. The molecule has 2 fully saturated rings. The van der Waals surface area contributed by atoms with Gasteiger partial charge >= 0.3 is 12.0 Å². The molecule has 24 heavy (non-hydrogen) atoms. The highest BCUT2D eigenvalue weighted by molar-refractivity contribution is 5.98. The lowest BCUT2D eigenvalue weighted by atomic mass is 9.97. The molecule has 0 aliphatic carbocycles. The number of hydrogen-bond donors (Lipinski definition) is 2. The van der Waals surface area contributed by atoms with Crippen LogP contribution in [0.5, 0.6) is 0 Å². The average Bonchev–Trinajstić information content (AvgIpc) is 3.01. The molecule has 3 amide bonds. The van der Waals surface area contributed by atoms with Gasteiger partial charge in [0.15, 0.2) is 0 Å². The summed E-state index contributed by atoms with van der Waals surface area (Å²) in [5.41, 5.74) is 0.305. The van der Waals surface area contributed by atoms with E-state index >= 15 is 0 Å². The Labute approximate surface area is 138 Å². The first-order valence-corrected chi connectivity index (χ1v) is 7.84. The fourth-order valence-electron chi connectivity index (χ4n) is 3.10. The SMILES string of the molecule is O=C(O)C1CCCN(C(=O)c2cc(N3CCNC3=O)ccc2F)C1. The number of rotatable bonds is 3. The number of carboxylic acids is 1. The second kappa shape index (κ2) is 6.46. The summed E-state index contributed by atoms with van der Waals surface area (Å²) in [5, 5.41) is 11.8. The molecule has 0 bridgehead atoms. The summed E-state index contributed by atoms with van der Waals surface area (Å²) in [6.07, 6.45) is 1.08. The predicted octanol–water partition coefficient (Wildman–Crippen LogP) is 1.29. The summed E-state index contributed by atoms with van der Waals surface area (Å²) in [6, 6.07) is 3.68. The Kier molecular flexibility index (Phi) is 4.37. The van der Waals surface area contributed by atoms with Gasteiger partial charge in [-0.15, -0.1) is 0 Å². The highest BCUT2D eigenvalue weighted by Gasteiger charge is 2.30. The molecule has 8 heteroatoms. The van der Waals surface area contributed by atoms with Crippen LogP contribution in [0, 0.1) is 11.7 Å². The molecule has 2 aliphatic rings. The molecular weight excluding hydrogens is 317 g/mol. The lowest BCUT2D eigenvalue weighted by Gasteiger charge is -2.31. The third-order valence-electron chi connectivity index (χ3n) is 4.41. The first kappa shape index (κ1) is 16.2. The molecule has 2 aliphatic heterocycles. The van der Waals surface area contributed by atoms with Crippen LogP contribution in [0.4, 0.5) is 14.9 Å². The number of urea groups is 1. The van der Waals surface area contributed by atoms with Gasteiger partial charge in [0.25, 0.3) is 5.91 Å². The van der Waals surface area contributed by atoms with Gasteiger partial charge in [0.05, 0.1) is 11.5 Å². The Morgan fingerprint density at radius 3 is 2.75 bits per heavy atom. The van der Waals surface area contributed by atoms with Gasteiger partial charge in [0.1, 0.15) is 5.82 Å². The minimum Gasteiger partial charge on any atom is -0.481 e. The van der Waals surface area contributed by atoms with Crippen LogP contribution in [0.25, 0.3) is 0 Å². The third kappa shape index (κ3) is 3.04. The monoisotopic (exact) mass is 335 g/mol. The molecule has 1 atom stereocenters. The molecular formula is C16H18FN3O4. The molecule has 2 saturated heterocycles. The molecule has 0 radical (unpaired) electrons. The Balaban J connectivity index is 1.84. The lowest BCUT2D eigenvalue weighted by molar-refractivity contribution is -0.143. The zero-order valence-corrected chi connectivity index (χ0v) is 13.0. The second-order valence-electron chi connectivity index (χ2n) is 5.98. The van der Waals surface area contributed by atoms with Crippen LogP contribution in [-0.2, 0) is 4.79 Å². The number of carbonyl (C=O) groups is 3. The van der Waals surface area contributed by atoms with E-state index in [1.54, 1.807) is 0 Å². The van der Waals surface area contributed by atoms with Gasteiger partial charge in [-0.2, -0.15) is 0 Å². The Bertz CT molecular complexity index is 694. The first-order chi connectivity index (χ1) is 11.5. The van der Waals surface area contributed by atoms with Gasteiger partial charge in [-0.05, 0) is 31.0 Å². The smallest absolute Gasteiger partial charge is 0.321 e. The highest BCUT2D eigenvalue weighted by atomic mass is 19.1. The van der Waals surface area contributed by atoms with Crippen LogP contribution >= 0.6 is 0 Å². The Morgan fingerprint density at radius 2 is 2.08 bits per heavy atom. The number of carboxylic acid groups (broad SMARTS) is 1. The molecule has 1 aromatic carbocycles. The van der Waals surface area contributed by atoms with Gasteiger partial charge in [0.2, 0.25) is 0 Å². The number of hydrogen-bond acceptors (Lipinski definition) is 3. The quantitative estimate of drug-likeness (QED) is 0.871. The fraction of sp³-hybridized carbons (Fsp3) is 0.438. The van der Waals surface area contributed by atoms with Crippen LogP contribution in [0.1, 0.15) is 23.2 Å². The maximum absolute atomic E-state index is 14.1. The van der Waals surface area contributed by atoms with Crippen molar-refractivity contribution in [1.29, 1.82) is 0 Å². The Morgan fingerprint density at radius 1 is 1.29 bits per heavy atom. The van der Waals surface area contributed by atoms with E-state index in [4.69, 9.17) is 5.11 Å². The number of aliphatic carboxylic acids is 1. The van der Waals surface area contributed by atoms with Crippen LogP contribution in [0.15, 0.2) is 18.2 Å². The number of piperidine rings is 1. The van der Waals surface area contributed by atoms with Gasteiger partial charge in [-0.25, -0.2) is 9.18 Å². The molecule has 7 nitrogen and oxygen atoms in total. The topological polar surface area (TPSA) is 89.9 Å². The van der Waals surface area contributed by atoms with E-state index < -0.39 is 23.6 Å². The van der Waals surface area contributed by atoms with Crippen LogP contribution in [-0.4, -0.2) is 54.1 Å². The molecule has 1 aromatic rings. The van der Waals surface area contributed by atoms with Crippen molar-refractivity contribution in [2.45, 2.75) is 12.8 Å². The summed E-state index contributed by atoms with van der Waals surface area (Å²) in [4.78, 5) is 38.3. The third-order valence-corrected chi connectivity index (χ3v) is 4.41. The van der Waals surface area contributed by atoms with Crippen LogP contribution in [0.2, 0.25) is 0 Å². The normalized spacial score (nSPS) is 20.9. The number of likely N-dealkylation sites (tertiary alicyclic amines) is 1. The van der Waals surface area contributed by atoms with Crippen LogP contribution < -0.4 is 10.2 Å². The van der Waals surface area contributed by atoms with Gasteiger partial charge in [-0.3, -0.25) is 14.5 Å². The standard InChI is InChI=1S/C16H18FN3O4/c17-13-4-3-11(20-7-5-18-16(20)24)8-12(13)14(21)19-6-1-2-10(9-19)15(22)23/h3-4,8,10H,1-2,5-7,9H2,(H,18,24)(H,22,23). The van der Waals surface area contributed by atoms with Crippen molar-refractivity contribution < 1.29 is 23.9 Å². The number of halogens is 1. The second-order valence-corrected chi connectivity index (χ2v) is 5.98. The first-order valence-electron chi connectivity index (χ1n) is 7.84. The summed E-state index contributed by atoms with van der Waals surface area (Å²) in [5.74, 6) is -2.80. The predicted molar refractivity (Wildman–Crippen MR) is 83.4 cm³/mol. The fourth-order valence-corrected chi connectivity index (χ4v) is 3.10. The molecule has 2 N–H and O–H groups in total. The summed E-state index contributed by atoms with van der Waals surface area (Å²) < 4.78 is 14.1. The van der Waals surface area contributed by atoms with Crippen molar-refractivity contribution in [2.75, 3.05) is 31.1 Å². The van der Waals surface area contributed by atoms with Crippen molar-refractivity contribution in [2.24, 2.45) is 5.92 Å². The maximum Gasteiger partial charge on any atom is 0.321 e. The van der Waals surface area contributed by atoms with E-state index in [1.807, 2.05) is 0 Å². The van der Waals surface area contributed by atoms with E-state index in [9.17, 15) is 18.8 Å². The molecule has 128 valence electrons. The molecule has 0 spiro atoms. The van der Waals surface area contributed by atoms with Crippen molar-refractivity contribution in [1.82, 2.24) is 10.2 Å². The zero-order chi connectivity index (χ0) is 17.3. The minimum atomic E-state index is -0.949. The van der Waals surface area contributed by atoms with E-state index in [-0.39, 0.29) is 18.1 Å². The zero-order valence-electron chi connectivity index (χ0n) is 13.0.